The highest BCUT2D eigenvalue weighted by molar-refractivity contribution is 6.04. The number of hydrogen-bond donors (Lipinski definition) is 1. The molecular formula is C16H13FN2O2. The summed E-state index contributed by atoms with van der Waals surface area (Å²) in [6.07, 6.45) is 2.15. The number of anilines is 1. The predicted octanol–water partition coefficient (Wildman–Crippen LogP) is 3.53. The van der Waals surface area contributed by atoms with Crippen LogP contribution in [0.2, 0.25) is 0 Å². The lowest BCUT2D eigenvalue weighted by Gasteiger charge is -2.14. The molecule has 2 aromatic carbocycles. The fourth-order valence-corrected chi connectivity index (χ4v) is 2.20. The van der Waals surface area contributed by atoms with Crippen LogP contribution >= 0.6 is 0 Å². The summed E-state index contributed by atoms with van der Waals surface area (Å²) in [6.45, 7) is 0. The zero-order valence-corrected chi connectivity index (χ0v) is 11.1. The van der Waals surface area contributed by atoms with E-state index in [1.807, 2.05) is 18.2 Å². The van der Waals surface area contributed by atoms with Gasteiger partial charge in [-0.05, 0) is 24.3 Å². The maximum atomic E-state index is 13.2. The molecule has 0 radical (unpaired) electrons. The lowest BCUT2D eigenvalue weighted by Crippen LogP contribution is -2.14. The minimum Gasteiger partial charge on any atom is -0.387 e. The topological polar surface area (TPSA) is 50.7 Å². The molecule has 5 heteroatoms. The second-order valence-corrected chi connectivity index (χ2v) is 4.67. The second kappa shape index (κ2) is 5.75. The Morgan fingerprint density at radius 1 is 1.24 bits per heavy atom. The highest BCUT2D eigenvalue weighted by Crippen LogP contribution is 2.30. The molecule has 0 fully saturated rings. The summed E-state index contributed by atoms with van der Waals surface area (Å²) in [5, 5.41) is 6.53. The van der Waals surface area contributed by atoms with Crippen LogP contribution < -0.4 is 5.32 Å². The first kappa shape index (κ1) is 13.3. The molecule has 1 heterocycles. The Kier molecular flexibility index (Phi) is 3.64. The van der Waals surface area contributed by atoms with E-state index in [1.165, 1.54) is 18.2 Å². The van der Waals surface area contributed by atoms with Gasteiger partial charge in [-0.25, -0.2) is 4.39 Å². The summed E-state index contributed by atoms with van der Waals surface area (Å²) in [4.78, 5) is 17.4. The number of oxime groups is 1. The number of carbonyl (C=O) groups is 1. The van der Waals surface area contributed by atoms with Gasteiger partial charge in [0.25, 0.3) is 5.91 Å². The Labute approximate surface area is 121 Å². The Morgan fingerprint density at radius 2 is 2.10 bits per heavy atom. The van der Waals surface area contributed by atoms with E-state index in [0.29, 0.717) is 12.1 Å². The quantitative estimate of drug-likeness (QED) is 0.937. The molecule has 0 saturated carbocycles. The number of para-hydroxylation sites is 1. The Morgan fingerprint density at radius 3 is 2.86 bits per heavy atom. The Balaban J connectivity index is 1.83. The van der Waals surface area contributed by atoms with E-state index < -0.39 is 5.82 Å². The van der Waals surface area contributed by atoms with Crippen LogP contribution in [0.5, 0.6) is 0 Å². The molecule has 4 nitrogen and oxygen atoms in total. The molecule has 1 atom stereocenters. The first-order chi connectivity index (χ1) is 10.2. The van der Waals surface area contributed by atoms with Gasteiger partial charge in [0.15, 0.2) is 6.10 Å². The molecule has 0 spiro atoms. The number of hydrogen-bond acceptors (Lipinski definition) is 3. The van der Waals surface area contributed by atoms with Crippen molar-refractivity contribution in [2.45, 2.75) is 12.5 Å². The van der Waals surface area contributed by atoms with Gasteiger partial charge in [-0.1, -0.05) is 29.4 Å². The van der Waals surface area contributed by atoms with Crippen molar-refractivity contribution in [3.05, 3.63) is 65.5 Å². The molecule has 1 aliphatic heterocycles. The molecule has 0 unspecified atom stereocenters. The minimum absolute atomic E-state index is 0.200. The van der Waals surface area contributed by atoms with Gasteiger partial charge >= 0.3 is 0 Å². The van der Waals surface area contributed by atoms with Crippen LogP contribution in [-0.2, 0) is 4.84 Å². The molecule has 0 aromatic heterocycles. The van der Waals surface area contributed by atoms with Crippen molar-refractivity contribution in [3.8, 4) is 0 Å². The van der Waals surface area contributed by atoms with Gasteiger partial charge in [0.05, 0.1) is 0 Å². The number of rotatable bonds is 3. The summed E-state index contributed by atoms with van der Waals surface area (Å²) in [6, 6.07) is 12.9. The molecule has 1 amide bonds. The SMILES string of the molecule is O=C(Nc1ccccc1[C@@H]1CC=NO1)c1cccc(F)c1. The average molecular weight is 284 g/mol. The van der Waals surface area contributed by atoms with E-state index in [4.69, 9.17) is 4.84 Å². The molecule has 1 N–H and O–H groups in total. The van der Waals surface area contributed by atoms with Crippen LogP contribution in [0.15, 0.2) is 53.7 Å². The van der Waals surface area contributed by atoms with Crippen molar-refractivity contribution < 1.29 is 14.0 Å². The van der Waals surface area contributed by atoms with Crippen LogP contribution in [0.25, 0.3) is 0 Å². The standard InChI is InChI=1S/C16H13FN2O2/c17-12-5-3-4-11(10-12)16(20)19-14-7-2-1-6-13(14)15-8-9-18-21-15/h1-7,9-10,15H,8H2,(H,19,20)/t15-/m0/s1. The van der Waals surface area contributed by atoms with Crippen LogP contribution in [0.1, 0.15) is 28.4 Å². The van der Waals surface area contributed by atoms with Crippen molar-refractivity contribution in [2.75, 3.05) is 5.32 Å². The fraction of sp³-hybridized carbons (Fsp3) is 0.125. The van der Waals surface area contributed by atoms with E-state index in [9.17, 15) is 9.18 Å². The molecule has 2 aromatic rings. The number of nitrogens with one attached hydrogen (secondary N) is 1. The molecule has 0 saturated heterocycles. The number of carbonyl (C=O) groups excluding carboxylic acids is 1. The highest BCUT2D eigenvalue weighted by atomic mass is 19.1. The maximum absolute atomic E-state index is 13.2. The van der Waals surface area contributed by atoms with Gasteiger partial charge in [0.1, 0.15) is 5.82 Å². The number of benzene rings is 2. The lowest BCUT2D eigenvalue weighted by molar-refractivity contribution is 0.0861. The van der Waals surface area contributed by atoms with Crippen molar-refractivity contribution >= 4 is 17.8 Å². The monoisotopic (exact) mass is 284 g/mol. The highest BCUT2D eigenvalue weighted by Gasteiger charge is 2.20. The Bertz CT molecular complexity index is 692. The first-order valence-electron chi connectivity index (χ1n) is 6.57. The first-order valence-corrected chi connectivity index (χ1v) is 6.57. The zero-order chi connectivity index (χ0) is 14.7. The van der Waals surface area contributed by atoms with Crippen molar-refractivity contribution in [1.29, 1.82) is 0 Å². The third-order valence-corrected chi connectivity index (χ3v) is 3.22. The van der Waals surface area contributed by atoms with Gasteiger partial charge in [0.2, 0.25) is 0 Å². The van der Waals surface area contributed by atoms with Crippen molar-refractivity contribution in [2.24, 2.45) is 5.16 Å². The van der Waals surface area contributed by atoms with Gasteiger partial charge in [-0.3, -0.25) is 4.79 Å². The van der Waals surface area contributed by atoms with Gasteiger partial charge in [0, 0.05) is 29.4 Å². The summed E-state index contributed by atoms with van der Waals surface area (Å²) in [5.74, 6) is -0.802. The largest absolute Gasteiger partial charge is 0.387 e. The third-order valence-electron chi connectivity index (χ3n) is 3.22. The molecule has 0 bridgehead atoms. The maximum Gasteiger partial charge on any atom is 0.255 e. The molecule has 1 aliphatic rings. The molecule has 0 aliphatic carbocycles. The Hall–Kier alpha value is -2.69. The number of halogens is 1. The van der Waals surface area contributed by atoms with Crippen LogP contribution in [0.4, 0.5) is 10.1 Å². The molecular weight excluding hydrogens is 271 g/mol. The number of amides is 1. The number of nitrogens with zero attached hydrogens (tertiary/aromatic N) is 1. The van der Waals surface area contributed by atoms with Crippen LogP contribution in [0, 0.1) is 5.82 Å². The van der Waals surface area contributed by atoms with Crippen molar-refractivity contribution in [1.82, 2.24) is 0 Å². The van der Waals surface area contributed by atoms with E-state index in [0.717, 1.165) is 5.56 Å². The van der Waals surface area contributed by atoms with Gasteiger partial charge < -0.3 is 10.2 Å². The zero-order valence-electron chi connectivity index (χ0n) is 11.1. The van der Waals surface area contributed by atoms with Crippen molar-refractivity contribution in [3.63, 3.8) is 0 Å². The van der Waals surface area contributed by atoms with Gasteiger partial charge in [-0.2, -0.15) is 0 Å². The van der Waals surface area contributed by atoms with E-state index >= 15 is 0 Å². The smallest absolute Gasteiger partial charge is 0.255 e. The minimum atomic E-state index is -0.441. The summed E-state index contributed by atoms with van der Waals surface area (Å²) >= 11 is 0. The second-order valence-electron chi connectivity index (χ2n) is 4.67. The average Bonchev–Trinajstić information content (AvgIpc) is 3.02. The summed E-state index contributed by atoms with van der Waals surface area (Å²) < 4.78 is 13.2. The van der Waals surface area contributed by atoms with Crippen LogP contribution in [0.3, 0.4) is 0 Å². The van der Waals surface area contributed by atoms with E-state index in [2.05, 4.69) is 10.5 Å². The summed E-state index contributed by atoms with van der Waals surface area (Å²) in [7, 11) is 0. The normalized spacial score (nSPS) is 16.5. The fourth-order valence-electron chi connectivity index (χ4n) is 2.20. The van der Waals surface area contributed by atoms with E-state index in [1.54, 1.807) is 18.3 Å². The molecule has 3 rings (SSSR count). The van der Waals surface area contributed by atoms with Crippen LogP contribution in [-0.4, -0.2) is 12.1 Å². The predicted molar refractivity (Wildman–Crippen MR) is 77.7 cm³/mol. The summed E-state index contributed by atoms with van der Waals surface area (Å²) in [5.41, 5.74) is 1.76. The van der Waals surface area contributed by atoms with Gasteiger partial charge in [-0.15, -0.1) is 0 Å². The molecule has 106 valence electrons. The lowest BCUT2D eigenvalue weighted by atomic mass is 10.0. The molecule has 21 heavy (non-hydrogen) atoms. The third kappa shape index (κ3) is 2.91. The van der Waals surface area contributed by atoms with E-state index in [-0.39, 0.29) is 17.6 Å².